The Morgan fingerprint density at radius 2 is 1.94 bits per heavy atom. The van der Waals surface area contributed by atoms with E-state index in [0.717, 1.165) is 5.69 Å². The highest BCUT2D eigenvalue weighted by Crippen LogP contribution is 2.07. The zero-order valence-corrected chi connectivity index (χ0v) is 11.0. The molecule has 1 rings (SSSR count). The van der Waals surface area contributed by atoms with E-state index in [2.05, 4.69) is 5.32 Å². The normalized spacial score (nSPS) is 10.9. The molecule has 1 aromatic carbocycles. The van der Waals surface area contributed by atoms with Gasteiger partial charge in [-0.1, -0.05) is 0 Å². The van der Waals surface area contributed by atoms with Gasteiger partial charge in [-0.05, 0) is 24.3 Å². The van der Waals surface area contributed by atoms with E-state index in [1.807, 2.05) is 18.2 Å². The lowest BCUT2D eigenvalue weighted by atomic mass is 10.2. The molecule has 0 saturated heterocycles. The lowest BCUT2D eigenvalue weighted by molar-refractivity contribution is 0.159. The van der Waals surface area contributed by atoms with Gasteiger partial charge in [-0.15, -0.1) is 0 Å². The van der Waals surface area contributed by atoms with E-state index in [4.69, 9.17) is 10.00 Å². The fourth-order valence-electron chi connectivity index (χ4n) is 1.24. The molecule has 6 heteroatoms. The number of anilines is 1. The Morgan fingerprint density at radius 3 is 2.50 bits per heavy atom. The Balaban J connectivity index is 2.16. The molecule has 18 heavy (non-hydrogen) atoms. The summed E-state index contributed by atoms with van der Waals surface area (Å²) in [6.07, 6.45) is 1.19. The number of hydrogen-bond acceptors (Lipinski definition) is 5. The van der Waals surface area contributed by atoms with E-state index in [9.17, 15) is 8.42 Å². The number of ether oxygens (including phenoxy) is 1. The van der Waals surface area contributed by atoms with Crippen LogP contribution >= 0.6 is 0 Å². The van der Waals surface area contributed by atoms with Gasteiger partial charge in [-0.3, -0.25) is 0 Å². The quantitative estimate of drug-likeness (QED) is 0.747. The Hall–Kier alpha value is -1.58. The molecule has 0 bridgehead atoms. The van der Waals surface area contributed by atoms with Gasteiger partial charge in [0.05, 0.1) is 30.6 Å². The smallest absolute Gasteiger partial charge is 0.149 e. The lowest BCUT2D eigenvalue weighted by Gasteiger charge is -2.07. The van der Waals surface area contributed by atoms with Crippen LogP contribution in [0.5, 0.6) is 0 Å². The van der Waals surface area contributed by atoms with Crippen LogP contribution in [-0.4, -0.2) is 40.2 Å². The SMILES string of the molecule is CS(=O)(=O)CCOCCNc1ccc(C#N)cc1. The maximum atomic E-state index is 10.8. The van der Waals surface area contributed by atoms with Crippen LogP contribution in [0.1, 0.15) is 5.56 Å². The molecule has 0 fully saturated rings. The van der Waals surface area contributed by atoms with Crippen LogP contribution in [0.4, 0.5) is 5.69 Å². The number of hydrogen-bond donors (Lipinski definition) is 1. The van der Waals surface area contributed by atoms with Gasteiger partial charge in [-0.25, -0.2) is 8.42 Å². The molecule has 5 nitrogen and oxygen atoms in total. The monoisotopic (exact) mass is 268 g/mol. The topological polar surface area (TPSA) is 79.2 Å². The minimum Gasteiger partial charge on any atom is -0.383 e. The first-order valence-corrected chi connectivity index (χ1v) is 7.57. The van der Waals surface area contributed by atoms with E-state index in [1.165, 1.54) is 6.26 Å². The average Bonchev–Trinajstić information content (AvgIpc) is 2.33. The first-order valence-electron chi connectivity index (χ1n) is 5.51. The summed E-state index contributed by atoms with van der Waals surface area (Å²) < 4.78 is 26.8. The third-order valence-electron chi connectivity index (χ3n) is 2.19. The maximum Gasteiger partial charge on any atom is 0.149 e. The second-order valence-electron chi connectivity index (χ2n) is 3.86. The summed E-state index contributed by atoms with van der Waals surface area (Å²) in [6, 6.07) is 9.13. The number of benzene rings is 1. The van der Waals surface area contributed by atoms with E-state index in [0.29, 0.717) is 18.7 Å². The van der Waals surface area contributed by atoms with Crippen molar-refractivity contribution in [2.24, 2.45) is 0 Å². The summed E-state index contributed by atoms with van der Waals surface area (Å²) >= 11 is 0. The van der Waals surface area contributed by atoms with Gasteiger partial charge in [0.2, 0.25) is 0 Å². The van der Waals surface area contributed by atoms with E-state index in [-0.39, 0.29) is 12.4 Å². The number of rotatable bonds is 7. The second kappa shape index (κ2) is 6.99. The summed E-state index contributed by atoms with van der Waals surface area (Å²) in [5, 5.41) is 11.7. The van der Waals surface area contributed by atoms with Crippen molar-refractivity contribution in [1.29, 1.82) is 5.26 Å². The van der Waals surface area contributed by atoms with Crippen molar-refractivity contribution in [2.75, 3.05) is 37.1 Å². The number of nitrogens with one attached hydrogen (secondary N) is 1. The Labute approximate surface area is 107 Å². The molecular weight excluding hydrogens is 252 g/mol. The second-order valence-corrected chi connectivity index (χ2v) is 6.12. The van der Waals surface area contributed by atoms with Crippen LogP contribution in [0.2, 0.25) is 0 Å². The van der Waals surface area contributed by atoms with E-state index >= 15 is 0 Å². The van der Waals surface area contributed by atoms with Crippen molar-refractivity contribution < 1.29 is 13.2 Å². The van der Waals surface area contributed by atoms with Crippen LogP contribution in [0.25, 0.3) is 0 Å². The molecule has 0 aliphatic heterocycles. The zero-order valence-electron chi connectivity index (χ0n) is 10.2. The minimum absolute atomic E-state index is 0.0455. The molecule has 0 heterocycles. The minimum atomic E-state index is -2.95. The van der Waals surface area contributed by atoms with Crippen LogP contribution in [0, 0.1) is 11.3 Å². The van der Waals surface area contributed by atoms with Gasteiger partial charge in [0.25, 0.3) is 0 Å². The third kappa shape index (κ3) is 6.23. The van der Waals surface area contributed by atoms with Gasteiger partial charge in [-0.2, -0.15) is 5.26 Å². The van der Waals surface area contributed by atoms with Gasteiger partial charge in [0.15, 0.2) is 0 Å². The molecule has 0 saturated carbocycles. The highest BCUT2D eigenvalue weighted by molar-refractivity contribution is 7.90. The van der Waals surface area contributed by atoms with E-state index < -0.39 is 9.84 Å². The highest BCUT2D eigenvalue weighted by Gasteiger charge is 2.00. The molecule has 0 unspecified atom stereocenters. The van der Waals surface area contributed by atoms with Crippen molar-refractivity contribution in [3.05, 3.63) is 29.8 Å². The van der Waals surface area contributed by atoms with Crippen LogP contribution in [0.3, 0.4) is 0 Å². The van der Waals surface area contributed by atoms with Crippen molar-refractivity contribution >= 4 is 15.5 Å². The number of nitrogens with zero attached hydrogens (tertiary/aromatic N) is 1. The van der Waals surface area contributed by atoms with Crippen molar-refractivity contribution in [3.63, 3.8) is 0 Å². The Morgan fingerprint density at radius 1 is 1.28 bits per heavy atom. The Bertz CT molecular complexity index is 503. The predicted octanol–water partition coefficient (Wildman–Crippen LogP) is 1.03. The van der Waals surface area contributed by atoms with Gasteiger partial charge in [0.1, 0.15) is 9.84 Å². The molecule has 0 atom stereocenters. The standard InChI is InChI=1S/C12H16N2O3S/c1-18(15,16)9-8-17-7-6-14-12-4-2-11(10-13)3-5-12/h2-5,14H,6-9H2,1H3. The number of sulfone groups is 1. The molecule has 0 aliphatic carbocycles. The molecule has 0 aliphatic rings. The molecule has 1 N–H and O–H groups in total. The van der Waals surface area contributed by atoms with Gasteiger partial charge in [0, 0.05) is 18.5 Å². The van der Waals surface area contributed by atoms with Crippen LogP contribution in [-0.2, 0) is 14.6 Å². The zero-order chi connectivity index (χ0) is 13.4. The highest BCUT2D eigenvalue weighted by atomic mass is 32.2. The van der Waals surface area contributed by atoms with Gasteiger partial charge >= 0.3 is 0 Å². The van der Waals surface area contributed by atoms with Crippen LogP contribution < -0.4 is 5.32 Å². The molecule has 0 spiro atoms. The fourth-order valence-corrected chi connectivity index (χ4v) is 1.66. The molecule has 0 amide bonds. The lowest BCUT2D eigenvalue weighted by Crippen LogP contribution is -2.14. The summed E-state index contributed by atoms with van der Waals surface area (Å²) in [4.78, 5) is 0. The Kier molecular flexibility index (Phi) is 5.62. The van der Waals surface area contributed by atoms with Crippen LogP contribution in [0.15, 0.2) is 24.3 Å². The molecule has 0 radical (unpaired) electrons. The van der Waals surface area contributed by atoms with E-state index in [1.54, 1.807) is 12.1 Å². The summed E-state index contributed by atoms with van der Waals surface area (Å²) in [5.74, 6) is 0.0455. The summed E-state index contributed by atoms with van der Waals surface area (Å²) in [6.45, 7) is 1.25. The average molecular weight is 268 g/mol. The first-order chi connectivity index (χ1) is 8.51. The first kappa shape index (κ1) is 14.5. The molecular formula is C12H16N2O3S. The largest absolute Gasteiger partial charge is 0.383 e. The fraction of sp³-hybridized carbons (Fsp3) is 0.417. The summed E-state index contributed by atoms with van der Waals surface area (Å²) in [7, 11) is -2.95. The van der Waals surface area contributed by atoms with Crippen molar-refractivity contribution in [3.8, 4) is 6.07 Å². The summed E-state index contributed by atoms with van der Waals surface area (Å²) in [5.41, 5.74) is 1.52. The third-order valence-corrected chi connectivity index (χ3v) is 3.10. The predicted molar refractivity (Wildman–Crippen MR) is 70.2 cm³/mol. The molecule has 1 aromatic rings. The van der Waals surface area contributed by atoms with Crippen molar-refractivity contribution in [2.45, 2.75) is 0 Å². The molecule has 98 valence electrons. The van der Waals surface area contributed by atoms with Gasteiger partial charge < -0.3 is 10.1 Å². The maximum absolute atomic E-state index is 10.8. The molecule has 0 aromatic heterocycles. The number of nitriles is 1. The van der Waals surface area contributed by atoms with Crippen molar-refractivity contribution in [1.82, 2.24) is 0 Å².